The molecule has 0 bridgehead atoms. The van der Waals surface area contributed by atoms with Gasteiger partial charge in [0.05, 0.1) is 3.57 Å². The quantitative estimate of drug-likeness (QED) is 0.644. The van der Waals surface area contributed by atoms with Gasteiger partial charge < -0.3 is 5.32 Å². The molecule has 1 aromatic carbocycles. The van der Waals surface area contributed by atoms with E-state index in [1.54, 1.807) is 0 Å². The van der Waals surface area contributed by atoms with E-state index in [-0.39, 0.29) is 0 Å². The number of rotatable bonds is 4. The van der Waals surface area contributed by atoms with E-state index in [0.29, 0.717) is 11.7 Å². The number of aromatic amines is 1. The third-order valence-electron chi connectivity index (χ3n) is 3.64. The molecular weight excluding hydrogens is 389 g/mol. The zero-order valence-electron chi connectivity index (χ0n) is 11.8. The van der Waals surface area contributed by atoms with Gasteiger partial charge in [-0.1, -0.05) is 30.3 Å². The zero-order chi connectivity index (χ0) is 14.9. The second-order valence-corrected chi connectivity index (χ2v) is 6.53. The maximum Gasteiger partial charge on any atom is 0.161 e. The van der Waals surface area contributed by atoms with E-state index >= 15 is 0 Å². The summed E-state index contributed by atoms with van der Waals surface area (Å²) < 4.78 is 0.966. The number of hydrogen-bond acceptors (Lipinski definition) is 4. The topological polar surface area (TPSA) is 66.5 Å². The zero-order valence-corrected chi connectivity index (χ0v) is 13.9. The number of hydrogen-bond donors (Lipinski definition) is 2. The van der Waals surface area contributed by atoms with Crippen LogP contribution in [-0.4, -0.2) is 20.2 Å². The molecule has 110 valence electrons. The standard InChI is InChI=1S/C16H14IN5/c17-12-9-18-15(11-4-2-1-3-5-11)20-16(12)19-14-8-13(21-22-14)10-6-7-10/h1-5,8-10H,6-7H2,(H2,18,19,20,21,22). The van der Waals surface area contributed by atoms with E-state index in [9.17, 15) is 0 Å². The summed E-state index contributed by atoms with van der Waals surface area (Å²) in [6, 6.07) is 12.0. The Kier molecular flexibility index (Phi) is 3.53. The minimum atomic E-state index is 0.660. The summed E-state index contributed by atoms with van der Waals surface area (Å²) in [5, 5.41) is 10.7. The van der Waals surface area contributed by atoms with E-state index in [4.69, 9.17) is 0 Å². The Morgan fingerprint density at radius 3 is 2.77 bits per heavy atom. The Morgan fingerprint density at radius 1 is 1.18 bits per heavy atom. The van der Waals surface area contributed by atoms with Gasteiger partial charge in [-0.15, -0.1) is 0 Å². The van der Waals surface area contributed by atoms with Crippen molar-refractivity contribution in [2.75, 3.05) is 5.32 Å². The van der Waals surface area contributed by atoms with Gasteiger partial charge in [0.25, 0.3) is 0 Å². The molecule has 2 heterocycles. The van der Waals surface area contributed by atoms with Crippen molar-refractivity contribution < 1.29 is 0 Å². The fourth-order valence-corrected chi connectivity index (χ4v) is 2.70. The molecule has 6 heteroatoms. The summed E-state index contributed by atoms with van der Waals surface area (Å²) in [5.41, 5.74) is 2.21. The predicted molar refractivity (Wildman–Crippen MR) is 94.0 cm³/mol. The molecule has 1 fully saturated rings. The van der Waals surface area contributed by atoms with Crippen molar-refractivity contribution in [1.82, 2.24) is 20.2 Å². The van der Waals surface area contributed by atoms with Crippen LogP contribution in [-0.2, 0) is 0 Å². The van der Waals surface area contributed by atoms with Gasteiger partial charge in [0, 0.05) is 29.4 Å². The lowest BCUT2D eigenvalue weighted by Crippen LogP contribution is -2.00. The highest BCUT2D eigenvalue weighted by molar-refractivity contribution is 14.1. The number of halogens is 1. The Hall–Kier alpha value is -1.96. The lowest BCUT2D eigenvalue weighted by molar-refractivity contribution is 0.966. The Bertz CT molecular complexity index is 795. The van der Waals surface area contributed by atoms with E-state index in [1.165, 1.54) is 18.5 Å². The van der Waals surface area contributed by atoms with Crippen molar-refractivity contribution in [2.45, 2.75) is 18.8 Å². The van der Waals surface area contributed by atoms with Gasteiger partial charge in [-0.2, -0.15) is 5.10 Å². The molecule has 4 rings (SSSR count). The number of H-pyrrole nitrogens is 1. The van der Waals surface area contributed by atoms with Crippen LogP contribution in [0.4, 0.5) is 11.6 Å². The first-order valence-electron chi connectivity index (χ1n) is 7.20. The second kappa shape index (κ2) is 5.68. The van der Waals surface area contributed by atoms with Crippen LogP contribution in [0.5, 0.6) is 0 Å². The first-order chi connectivity index (χ1) is 10.8. The lowest BCUT2D eigenvalue weighted by Gasteiger charge is -2.07. The highest BCUT2D eigenvalue weighted by Gasteiger charge is 2.25. The largest absolute Gasteiger partial charge is 0.322 e. The van der Waals surface area contributed by atoms with Crippen LogP contribution in [0.3, 0.4) is 0 Å². The highest BCUT2D eigenvalue weighted by atomic mass is 127. The highest BCUT2D eigenvalue weighted by Crippen LogP contribution is 2.39. The molecule has 0 radical (unpaired) electrons. The van der Waals surface area contributed by atoms with Crippen molar-refractivity contribution >= 4 is 34.2 Å². The van der Waals surface area contributed by atoms with Gasteiger partial charge in [-0.25, -0.2) is 9.97 Å². The Morgan fingerprint density at radius 2 is 2.00 bits per heavy atom. The van der Waals surface area contributed by atoms with Crippen LogP contribution < -0.4 is 5.32 Å². The van der Waals surface area contributed by atoms with Crippen LogP contribution in [0.25, 0.3) is 11.4 Å². The normalized spacial score (nSPS) is 14.0. The Labute approximate surface area is 141 Å². The summed E-state index contributed by atoms with van der Waals surface area (Å²) in [5.74, 6) is 2.95. The van der Waals surface area contributed by atoms with Gasteiger partial charge in [0.1, 0.15) is 5.82 Å². The number of nitrogens with one attached hydrogen (secondary N) is 2. The van der Waals surface area contributed by atoms with Crippen molar-refractivity contribution in [2.24, 2.45) is 0 Å². The van der Waals surface area contributed by atoms with Crippen LogP contribution in [0.2, 0.25) is 0 Å². The molecule has 0 spiro atoms. The Balaban J connectivity index is 1.62. The van der Waals surface area contributed by atoms with Gasteiger partial charge in [-0.3, -0.25) is 5.10 Å². The van der Waals surface area contributed by atoms with Crippen molar-refractivity contribution in [1.29, 1.82) is 0 Å². The minimum Gasteiger partial charge on any atom is -0.322 e. The molecule has 0 atom stereocenters. The molecule has 2 N–H and O–H groups in total. The van der Waals surface area contributed by atoms with E-state index in [1.807, 2.05) is 36.5 Å². The van der Waals surface area contributed by atoms with Crippen LogP contribution in [0.15, 0.2) is 42.6 Å². The minimum absolute atomic E-state index is 0.660. The third kappa shape index (κ3) is 2.83. The first-order valence-corrected chi connectivity index (χ1v) is 8.28. The van der Waals surface area contributed by atoms with E-state index in [0.717, 1.165) is 20.8 Å². The van der Waals surface area contributed by atoms with Crippen LogP contribution in [0.1, 0.15) is 24.5 Å². The summed E-state index contributed by atoms with van der Waals surface area (Å²) in [7, 11) is 0. The van der Waals surface area contributed by atoms with Crippen LogP contribution >= 0.6 is 22.6 Å². The monoisotopic (exact) mass is 403 g/mol. The van der Waals surface area contributed by atoms with E-state index in [2.05, 4.69) is 54.1 Å². The fourth-order valence-electron chi connectivity index (χ4n) is 2.31. The van der Waals surface area contributed by atoms with Gasteiger partial charge in [-0.05, 0) is 35.4 Å². The number of aromatic nitrogens is 4. The number of benzene rings is 1. The average molecular weight is 403 g/mol. The average Bonchev–Trinajstić information content (AvgIpc) is 3.30. The second-order valence-electron chi connectivity index (χ2n) is 5.36. The molecule has 1 saturated carbocycles. The molecule has 1 aliphatic rings. The van der Waals surface area contributed by atoms with Gasteiger partial charge in [0.2, 0.25) is 0 Å². The molecule has 1 aliphatic carbocycles. The fraction of sp³-hybridized carbons (Fsp3) is 0.188. The molecule has 22 heavy (non-hydrogen) atoms. The van der Waals surface area contributed by atoms with E-state index < -0.39 is 0 Å². The summed E-state index contributed by atoms with van der Waals surface area (Å²) in [6.07, 6.45) is 4.34. The van der Waals surface area contributed by atoms with Crippen molar-refractivity contribution in [3.05, 3.63) is 51.9 Å². The van der Waals surface area contributed by atoms with Crippen LogP contribution in [0, 0.1) is 3.57 Å². The molecule has 0 unspecified atom stereocenters. The number of anilines is 2. The predicted octanol–water partition coefficient (Wildman–Crippen LogP) is 4.09. The molecule has 0 saturated heterocycles. The van der Waals surface area contributed by atoms with Gasteiger partial charge in [0.15, 0.2) is 11.6 Å². The maximum atomic E-state index is 4.62. The molecule has 3 aromatic rings. The molecule has 5 nitrogen and oxygen atoms in total. The van der Waals surface area contributed by atoms with Gasteiger partial charge >= 0.3 is 0 Å². The molecule has 0 aliphatic heterocycles. The number of nitrogens with zero attached hydrogens (tertiary/aromatic N) is 3. The summed E-state index contributed by atoms with van der Waals surface area (Å²) >= 11 is 2.23. The molecular formula is C16H14IN5. The smallest absolute Gasteiger partial charge is 0.161 e. The molecule has 0 amide bonds. The summed E-state index contributed by atoms with van der Waals surface area (Å²) in [4.78, 5) is 9.03. The van der Waals surface area contributed by atoms with Crippen molar-refractivity contribution in [3.8, 4) is 11.4 Å². The lowest BCUT2D eigenvalue weighted by atomic mass is 10.2. The first kappa shape index (κ1) is 13.7. The maximum absolute atomic E-state index is 4.62. The summed E-state index contributed by atoms with van der Waals surface area (Å²) in [6.45, 7) is 0. The SMILES string of the molecule is Ic1cnc(-c2ccccc2)nc1Nc1cc(C2CC2)[nH]n1. The van der Waals surface area contributed by atoms with Crippen molar-refractivity contribution in [3.63, 3.8) is 0 Å². The third-order valence-corrected chi connectivity index (χ3v) is 4.43. The molecule has 2 aromatic heterocycles.